The number of rotatable bonds is 2. The normalized spacial score (nSPS) is 15.1. The number of hydrogen-bond acceptors (Lipinski definition) is 3. The van der Waals surface area contributed by atoms with E-state index in [1.165, 1.54) is 0 Å². The molecule has 2 heterocycles. The number of nitrogens with zero attached hydrogens (tertiary/aromatic N) is 2. The summed E-state index contributed by atoms with van der Waals surface area (Å²) < 4.78 is 5.26. The minimum atomic E-state index is -0.0221. The number of aromatic nitrogens is 1. The molecule has 2 aromatic rings. The van der Waals surface area contributed by atoms with Crippen LogP contribution in [0.4, 0.5) is 0 Å². The number of benzene rings is 1. The summed E-state index contributed by atoms with van der Waals surface area (Å²) in [5, 5.41) is 0. The maximum Gasteiger partial charge on any atom is 0.272 e. The van der Waals surface area contributed by atoms with Crippen molar-refractivity contribution in [2.24, 2.45) is 0 Å². The van der Waals surface area contributed by atoms with E-state index in [9.17, 15) is 4.79 Å². The van der Waals surface area contributed by atoms with Crippen molar-refractivity contribution in [3.8, 4) is 11.1 Å². The summed E-state index contributed by atoms with van der Waals surface area (Å²) in [5.74, 6) is -0.0221. The minimum Gasteiger partial charge on any atom is -0.378 e. The summed E-state index contributed by atoms with van der Waals surface area (Å²) >= 11 is 0. The van der Waals surface area contributed by atoms with Crippen molar-refractivity contribution in [1.29, 1.82) is 0 Å². The summed E-state index contributed by atoms with van der Waals surface area (Å²) in [6.45, 7) is 2.47. The highest BCUT2D eigenvalue weighted by atomic mass is 16.5. The van der Waals surface area contributed by atoms with Gasteiger partial charge in [0.15, 0.2) is 0 Å². The van der Waals surface area contributed by atoms with Crippen LogP contribution in [0.15, 0.2) is 48.7 Å². The number of amides is 1. The lowest BCUT2D eigenvalue weighted by molar-refractivity contribution is 0.0299. The highest BCUT2D eigenvalue weighted by Gasteiger charge is 2.19. The molecular formula is C16H16N2O2. The van der Waals surface area contributed by atoms with Crippen LogP contribution in [0.1, 0.15) is 10.5 Å². The highest BCUT2D eigenvalue weighted by Crippen LogP contribution is 2.19. The number of carbonyl (C=O) groups excluding carboxylic acids is 1. The number of hydrogen-bond donors (Lipinski definition) is 0. The van der Waals surface area contributed by atoms with E-state index < -0.39 is 0 Å². The van der Waals surface area contributed by atoms with Gasteiger partial charge < -0.3 is 9.64 Å². The molecule has 4 nitrogen and oxygen atoms in total. The van der Waals surface area contributed by atoms with Gasteiger partial charge in [-0.2, -0.15) is 0 Å². The summed E-state index contributed by atoms with van der Waals surface area (Å²) in [6.07, 6.45) is 1.69. The Morgan fingerprint density at radius 3 is 2.55 bits per heavy atom. The van der Waals surface area contributed by atoms with Crippen LogP contribution in [-0.2, 0) is 4.74 Å². The van der Waals surface area contributed by atoms with Gasteiger partial charge in [-0.3, -0.25) is 9.78 Å². The zero-order valence-corrected chi connectivity index (χ0v) is 11.2. The highest BCUT2D eigenvalue weighted by molar-refractivity contribution is 5.93. The average Bonchev–Trinajstić information content (AvgIpc) is 2.56. The standard InChI is InChI=1S/C16H16N2O2/c19-16(18-8-10-20-11-9-18)15-12-14(6-7-17-15)13-4-2-1-3-5-13/h1-7,12H,8-11H2. The van der Waals surface area contributed by atoms with Gasteiger partial charge in [0.25, 0.3) is 5.91 Å². The molecule has 1 aliphatic heterocycles. The van der Waals surface area contributed by atoms with E-state index >= 15 is 0 Å². The minimum absolute atomic E-state index is 0.0221. The largest absolute Gasteiger partial charge is 0.378 e. The van der Waals surface area contributed by atoms with Gasteiger partial charge in [0.1, 0.15) is 5.69 Å². The van der Waals surface area contributed by atoms with Gasteiger partial charge in [-0.15, -0.1) is 0 Å². The Labute approximate surface area is 118 Å². The summed E-state index contributed by atoms with van der Waals surface area (Å²) in [7, 11) is 0. The van der Waals surface area contributed by atoms with Crippen molar-refractivity contribution in [3.63, 3.8) is 0 Å². The molecule has 1 aromatic heterocycles. The van der Waals surface area contributed by atoms with Crippen LogP contribution >= 0.6 is 0 Å². The molecule has 1 amide bonds. The molecule has 20 heavy (non-hydrogen) atoms. The van der Waals surface area contributed by atoms with Gasteiger partial charge in [0.05, 0.1) is 13.2 Å². The SMILES string of the molecule is O=C(c1cc(-c2ccccc2)ccn1)N1CCOCC1. The third-order valence-electron chi connectivity index (χ3n) is 3.38. The molecule has 4 heteroatoms. The van der Waals surface area contributed by atoms with Crippen LogP contribution in [0.5, 0.6) is 0 Å². The Morgan fingerprint density at radius 2 is 1.80 bits per heavy atom. The molecule has 1 aliphatic rings. The number of pyridine rings is 1. The lowest BCUT2D eigenvalue weighted by atomic mass is 10.1. The van der Waals surface area contributed by atoms with Gasteiger partial charge in [-0.1, -0.05) is 30.3 Å². The maximum absolute atomic E-state index is 12.4. The zero-order chi connectivity index (χ0) is 13.8. The second kappa shape index (κ2) is 5.84. The quantitative estimate of drug-likeness (QED) is 0.838. The summed E-state index contributed by atoms with van der Waals surface area (Å²) in [5.41, 5.74) is 2.59. The predicted molar refractivity (Wildman–Crippen MR) is 76.4 cm³/mol. The fourth-order valence-corrected chi connectivity index (χ4v) is 2.29. The first-order valence-electron chi connectivity index (χ1n) is 6.73. The first kappa shape index (κ1) is 12.8. The summed E-state index contributed by atoms with van der Waals surface area (Å²) in [6, 6.07) is 13.8. The average molecular weight is 268 g/mol. The van der Waals surface area contributed by atoms with E-state index in [4.69, 9.17) is 4.74 Å². The number of morpholine rings is 1. The topological polar surface area (TPSA) is 42.4 Å². The molecule has 102 valence electrons. The molecule has 0 atom stereocenters. The van der Waals surface area contributed by atoms with Gasteiger partial charge in [-0.25, -0.2) is 0 Å². The Bertz CT molecular complexity index is 592. The lowest BCUT2D eigenvalue weighted by Gasteiger charge is -2.26. The molecule has 0 spiro atoms. The van der Waals surface area contributed by atoms with Crippen LogP contribution < -0.4 is 0 Å². The molecule has 1 fully saturated rings. The smallest absolute Gasteiger partial charge is 0.272 e. The van der Waals surface area contributed by atoms with Crippen molar-refractivity contribution in [1.82, 2.24) is 9.88 Å². The second-order valence-electron chi connectivity index (χ2n) is 4.70. The second-order valence-corrected chi connectivity index (χ2v) is 4.70. The molecular weight excluding hydrogens is 252 g/mol. The van der Waals surface area contributed by atoms with Crippen LogP contribution in [0, 0.1) is 0 Å². The van der Waals surface area contributed by atoms with Crippen LogP contribution in [0.25, 0.3) is 11.1 Å². The molecule has 0 unspecified atom stereocenters. The third kappa shape index (κ3) is 2.70. The van der Waals surface area contributed by atoms with Crippen molar-refractivity contribution in [2.45, 2.75) is 0 Å². The fourth-order valence-electron chi connectivity index (χ4n) is 2.29. The third-order valence-corrected chi connectivity index (χ3v) is 3.38. The van der Waals surface area contributed by atoms with Crippen molar-refractivity contribution >= 4 is 5.91 Å². The van der Waals surface area contributed by atoms with E-state index in [1.54, 1.807) is 11.1 Å². The van der Waals surface area contributed by atoms with Crippen molar-refractivity contribution in [3.05, 3.63) is 54.4 Å². The maximum atomic E-state index is 12.4. The predicted octanol–water partition coefficient (Wildman–Crippen LogP) is 2.22. The van der Waals surface area contributed by atoms with E-state index in [2.05, 4.69) is 4.98 Å². The molecule has 1 aromatic carbocycles. The molecule has 1 saturated heterocycles. The molecule has 0 radical (unpaired) electrons. The van der Waals surface area contributed by atoms with Crippen molar-refractivity contribution < 1.29 is 9.53 Å². The fraction of sp³-hybridized carbons (Fsp3) is 0.250. The van der Waals surface area contributed by atoms with Crippen molar-refractivity contribution in [2.75, 3.05) is 26.3 Å². The van der Waals surface area contributed by atoms with E-state index in [-0.39, 0.29) is 5.91 Å². The molecule has 3 rings (SSSR count). The first-order chi connectivity index (χ1) is 9.84. The van der Waals surface area contributed by atoms with Crippen LogP contribution in [-0.4, -0.2) is 42.1 Å². The van der Waals surface area contributed by atoms with E-state index in [1.807, 2.05) is 42.5 Å². The number of ether oxygens (including phenoxy) is 1. The van der Waals surface area contributed by atoms with Gasteiger partial charge in [0, 0.05) is 19.3 Å². The Kier molecular flexibility index (Phi) is 3.74. The van der Waals surface area contributed by atoms with E-state index in [0.717, 1.165) is 11.1 Å². The van der Waals surface area contributed by atoms with Crippen LogP contribution in [0.3, 0.4) is 0 Å². The molecule has 0 N–H and O–H groups in total. The van der Waals surface area contributed by atoms with Gasteiger partial charge in [0.2, 0.25) is 0 Å². The lowest BCUT2D eigenvalue weighted by Crippen LogP contribution is -2.41. The molecule has 0 saturated carbocycles. The van der Waals surface area contributed by atoms with Gasteiger partial charge >= 0.3 is 0 Å². The summed E-state index contributed by atoms with van der Waals surface area (Å²) in [4.78, 5) is 18.4. The number of carbonyl (C=O) groups is 1. The molecule has 0 bridgehead atoms. The Hall–Kier alpha value is -2.20. The Morgan fingerprint density at radius 1 is 1.05 bits per heavy atom. The van der Waals surface area contributed by atoms with Crippen LogP contribution in [0.2, 0.25) is 0 Å². The van der Waals surface area contributed by atoms with E-state index in [0.29, 0.717) is 32.0 Å². The Balaban J connectivity index is 1.85. The zero-order valence-electron chi connectivity index (χ0n) is 11.2. The first-order valence-corrected chi connectivity index (χ1v) is 6.73. The monoisotopic (exact) mass is 268 g/mol. The van der Waals surface area contributed by atoms with Gasteiger partial charge in [-0.05, 0) is 23.3 Å². The molecule has 0 aliphatic carbocycles.